The van der Waals surface area contributed by atoms with Crippen LogP contribution in [0.15, 0.2) is 0 Å². The van der Waals surface area contributed by atoms with E-state index in [0.29, 0.717) is 0 Å². The topological polar surface area (TPSA) is 35.5 Å². The molecular formula is C16H32N2O. The third kappa shape index (κ3) is 5.80. The number of aliphatic hydroxyl groups excluding tert-OH is 1. The number of nitrogens with zero attached hydrogens (tertiary/aromatic N) is 1. The zero-order valence-corrected chi connectivity index (χ0v) is 12.6. The SMILES string of the molecule is C[C@H](O)CN1CCC(CNCC2CCCCC2)CC1. The van der Waals surface area contributed by atoms with Crippen LogP contribution in [0.25, 0.3) is 0 Å². The van der Waals surface area contributed by atoms with Gasteiger partial charge in [-0.25, -0.2) is 0 Å². The lowest BCUT2D eigenvalue weighted by Gasteiger charge is -2.33. The van der Waals surface area contributed by atoms with E-state index in [1.165, 1.54) is 71.1 Å². The highest BCUT2D eigenvalue weighted by atomic mass is 16.3. The molecule has 2 fully saturated rings. The van der Waals surface area contributed by atoms with Crippen LogP contribution in [-0.4, -0.2) is 48.8 Å². The molecule has 0 spiro atoms. The van der Waals surface area contributed by atoms with Gasteiger partial charge in [-0.05, 0) is 70.6 Å². The Bertz CT molecular complexity index is 231. The Morgan fingerprint density at radius 2 is 1.58 bits per heavy atom. The van der Waals surface area contributed by atoms with Gasteiger partial charge in [-0.3, -0.25) is 0 Å². The highest BCUT2D eigenvalue weighted by Crippen LogP contribution is 2.23. The predicted octanol–water partition coefficient (Wildman–Crippen LogP) is 2.25. The van der Waals surface area contributed by atoms with Crippen LogP contribution < -0.4 is 5.32 Å². The summed E-state index contributed by atoms with van der Waals surface area (Å²) in [6.45, 7) is 7.52. The minimum absolute atomic E-state index is 0.180. The van der Waals surface area contributed by atoms with Gasteiger partial charge in [-0.1, -0.05) is 19.3 Å². The molecule has 0 unspecified atom stereocenters. The van der Waals surface area contributed by atoms with Crippen molar-refractivity contribution in [1.29, 1.82) is 0 Å². The van der Waals surface area contributed by atoms with Gasteiger partial charge in [0.1, 0.15) is 0 Å². The second kappa shape index (κ2) is 8.23. The molecule has 1 heterocycles. The molecule has 1 atom stereocenters. The Balaban J connectivity index is 1.53. The molecule has 1 aliphatic heterocycles. The Morgan fingerprint density at radius 1 is 1.00 bits per heavy atom. The molecule has 112 valence electrons. The average Bonchev–Trinajstić information content (AvgIpc) is 2.41. The Morgan fingerprint density at radius 3 is 2.16 bits per heavy atom. The highest BCUT2D eigenvalue weighted by molar-refractivity contribution is 4.76. The normalized spacial score (nSPS) is 25.6. The molecule has 2 aliphatic rings. The van der Waals surface area contributed by atoms with E-state index in [2.05, 4.69) is 10.2 Å². The number of piperidine rings is 1. The van der Waals surface area contributed by atoms with Crippen molar-refractivity contribution in [3.63, 3.8) is 0 Å². The summed E-state index contributed by atoms with van der Waals surface area (Å²) in [7, 11) is 0. The van der Waals surface area contributed by atoms with Gasteiger partial charge in [0.2, 0.25) is 0 Å². The van der Waals surface area contributed by atoms with Crippen molar-refractivity contribution in [3.05, 3.63) is 0 Å². The lowest BCUT2D eigenvalue weighted by atomic mass is 9.89. The molecule has 0 aromatic carbocycles. The van der Waals surface area contributed by atoms with Crippen molar-refractivity contribution < 1.29 is 5.11 Å². The summed E-state index contributed by atoms with van der Waals surface area (Å²) >= 11 is 0. The number of rotatable bonds is 6. The first kappa shape index (κ1) is 15.3. The maximum Gasteiger partial charge on any atom is 0.0639 e. The molecule has 3 nitrogen and oxygen atoms in total. The molecule has 19 heavy (non-hydrogen) atoms. The smallest absolute Gasteiger partial charge is 0.0639 e. The van der Waals surface area contributed by atoms with Gasteiger partial charge in [0.15, 0.2) is 0 Å². The van der Waals surface area contributed by atoms with Crippen molar-refractivity contribution in [2.75, 3.05) is 32.7 Å². The van der Waals surface area contributed by atoms with Crippen LogP contribution >= 0.6 is 0 Å². The molecule has 0 aromatic rings. The number of β-amino-alcohol motifs (C(OH)–C–C–N with tert-alkyl or cyclic N) is 1. The van der Waals surface area contributed by atoms with E-state index in [0.717, 1.165) is 18.4 Å². The summed E-state index contributed by atoms with van der Waals surface area (Å²) in [5, 5.41) is 13.1. The largest absolute Gasteiger partial charge is 0.392 e. The molecule has 2 N–H and O–H groups in total. The fraction of sp³-hybridized carbons (Fsp3) is 1.00. The van der Waals surface area contributed by atoms with E-state index in [1.807, 2.05) is 6.92 Å². The summed E-state index contributed by atoms with van der Waals surface area (Å²) in [5.74, 6) is 1.80. The lowest BCUT2D eigenvalue weighted by molar-refractivity contribution is 0.0995. The third-order valence-corrected chi connectivity index (χ3v) is 4.82. The molecule has 2 rings (SSSR count). The molecule has 0 amide bonds. The van der Waals surface area contributed by atoms with Crippen molar-refractivity contribution in [2.45, 2.75) is 58.0 Å². The lowest BCUT2D eigenvalue weighted by Crippen LogP contribution is -2.40. The van der Waals surface area contributed by atoms with Crippen LogP contribution in [-0.2, 0) is 0 Å². The van der Waals surface area contributed by atoms with Crippen LogP contribution in [0.3, 0.4) is 0 Å². The first-order valence-electron chi connectivity index (χ1n) is 8.35. The zero-order valence-electron chi connectivity index (χ0n) is 12.6. The molecule has 1 saturated heterocycles. The van der Waals surface area contributed by atoms with Crippen molar-refractivity contribution >= 4 is 0 Å². The number of aliphatic hydroxyl groups is 1. The van der Waals surface area contributed by atoms with Crippen LogP contribution in [0.4, 0.5) is 0 Å². The van der Waals surface area contributed by atoms with Gasteiger partial charge in [0.05, 0.1) is 6.10 Å². The van der Waals surface area contributed by atoms with E-state index in [4.69, 9.17) is 0 Å². The minimum atomic E-state index is -0.180. The number of hydrogen-bond donors (Lipinski definition) is 2. The van der Waals surface area contributed by atoms with Crippen LogP contribution in [0, 0.1) is 11.8 Å². The fourth-order valence-electron chi connectivity index (χ4n) is 3.63. The van der Waals surface area contributed by atoms with Gasteiger partial charge < -0.3 is 15.3 Å². The van der Waals surface area contributed by atoms with Crippen molar-refractivity contribution in [2.24, 2.45) is 11.8 Å². The van der Waals surface area contributed by atoms with E-state index in [1.54, 1.807) is 0 Å². The predicted molar refractivity (Wildman–Crippen MR) is 80.3 cm³/mol. The standard InChI is InChI=1S/C16H32N2O/c1-14(19)13-18-9-7-16(8-10-18)12-17-11-15-5-3-2-4-6-15/h14-17,19H,2-13H2,1H3/t14-/m0/s1. The fourth-order valence-corrected chi connectivity index (χ4v) is 3.63. The van der Waals surface area contributed by atoms with Gasteiger partial charge >= 0.3 is 0 Å². The van der Waals surface area contributed by atoms with E-state index in [-0.39, 0.29) is 6.10 Å². The monoisotopic (exact) mass is 268 g/mol. The average molecular weight is 268 g/mol. The summed E-state index contributed by atoms with van der Waals surface area (Å²) in [4.78, 5) is 2.41. The van der Waals surface area contributed by atoms with Crippen molar-refractivity contribution in [1.82, 2.24) is 10.2 Å². The van der Waals surface area contributed by atoms with Gasteiger partial charge in [0, 0.05) is 6.54 Å². The molecule has 1 aliphatic carbocycles. The van der Waals surface area contributed by atoms with Gasteiger partial charge in [-0.2, -0.15) is 0 Å². The minimum Gasteiger partial charge on any atom is -0.392 e. The maximum atomic E-state index is 9.40. The first-order chi connectivity index (χ1) is 9.24. The van der Waals surface area contributed by atoms with E-state index in [9.17, 15) is 5.11 Å². The summed E-state index contributed by atoms with van der Waals surface area (Å²) in [5.41, 5.74) is 0. The van der Waals surface area contributed by atoms with Gasteiger partial charge in [-0.15, -0.1) is 0 Å². The van der Waals surface area contributed by atoms with Crippen LogP contribution in [0.5, 0.6) is 0 Å². The van der Waals surface area contributed by atoms with Crippen LogP contribution in [0.2, 0.25) is 0 Å². The molecule has 3 heteroatoms. The highest BCUT2D eigenvalue weighted by Gasteiger charge is 2.20. The Hall–Kier alpha value is -0.120. The second-order valence-electron chi connectivity index (χ2n) is 6.76. The number of hydrogen-bond acceptors (Lipinski definition) is 3. The van der Waals surface area contributed by atoms with Crippen LogP contribution in [0.1, 0.15) is 51.9 Å². The third-order valence-electron chi connectivity index (χ3n) is 4.82. The van der Waals surface area contributed by atoms with E-state index < -0.39 is 0 Å². The Labute approximate surface area is 118 Å². The molecule has 1 saturated carbocycles. The molecular weight excluding hydrogens is 236 g/mol. The molecule has 0 aromatic heterocycles. The van der Waals surface area contributed by atoms with Crippen molar-refractivity contribution in [3.8, 4) is 0 Å². The zero-order chi connectivity index (χ0) is 13.5. The van der Waals surface area contributed by atoms with Gasteiger partial charge in [0.25, 0.3) is 0 Å². The summed E-state index contributed by atoms with van der Waals surface area (Å²) < 4.78 is 0. The molecule has 0 radical (unpaired) electrons. The number of nitrogens with one attached hydrogen (secondary N) is 1. The number of likely N-dealkylation sites (tertiary alicyclic amines) is 1. The maximum absolute atomic E-state index is 9.40. The molecule has 0 bridgehead atoms. The first-order valence-corrected chi connectivity index (χ1v) is 8.35. The summed E-state index contributed by atoms with van der Waals surface area (Å²) in [6, 6.07) is 0. The van der Waals surface area contributed by atoms with E-state index >= 15 is 0 Å². The quantitative estimate of drug-likeness (QED) is 0.775. The Kier molecular flexibility index (Phi) is 6.62. The summed E-state index contributed by atoms with van der Waals surface area (Å²) in [6.07, 6.45) is 9.65. The second-order valence-corrected chi connectivity index (χ2v) is 6.76.